The second-order valence-electron chi connectivity index (χ2n) is 6.30. The molecule has 0 aliphatic rings. The van der Waals surface area contributed by atoms with E-state index in [0.29, 0.717) is 17.4 Å². The van der Waals surface area contributed by atoms with Gasteiger partial charge in [0.1, 0.15) is 6.54 Å². The molecule has 0 saturated heterocycles. The first-order valence-electron chi connectivity index (χ1n) is 8.72. The van der Waals surface area contributed by atoms with E-state index in [4.69, 9.17) is 0 Å². The molecule has 1 N–H and O–H groups in total. The molecular formula is C20H21BrN4O2. The van der Waals surface area contributed by atoms with Gasteiger partial charge in [-0.15, -0.1) is 0 Å². The minimum absolute atomic E-state index is 0.0389. The topological polar surface area (TPSA) is 67.2 Å². The number of amides is 1. The molecular weight excluding hydrogens is 408 g/mol. The fraction of sp³-hybridized carbons (Fsp3) is 0.250. The van der Waals surface area contributed by atoms with Crippen LogP contribution in [0.25, 0.3) is 10.9 Å². The lowest BCUT2D eigenvalue weighted by atomic mass is 10.2. The van der Waals surface area contributed by atoms with Gasteiger partial charge in [-0.3, -0.25) is 14.2 Å². The van der Waals surface area contributed by atoms with Crippen molar-refractivity contribution in [1.29, 1.82) is 0 Å². The maximum atomic E-state index is 12.5. The molecule has 0 bridgehead atoms. The van der Waals surface area contributed by atoms with Crippen molar-refractivity contribution in [2.24, 2.45) is 0 Å². The molecule has 1 heterocycles. The number of benzene rings is 2. The summed E-state index contributed by atoms with van der Waals surface area (Å²) in [6.07, 6.45) is 2.23. The van der Waals surface area contributed by atoms with Gasteiger partial charge < -0.3 is 10.2 Å². The SMILES string of the molecule is CN(CCCNC(=O)Cn1cnc2ccc(Br)cc2c1=O)c1ccccc1. The number of carbonyl (C=O) groups is 1. The van der Waals surface area contributed by atoms with Crippen molar-refractivity contribution in [2.45, 2.75) is 13.0 Å². The first-order chi connectivity index (χ1) is 13.0. The van der Waals surface area contributed by atoms with E-state index in [9.17, 15) is 9.59 Å². The minimum Gasteiger partial charge on any atom is -0.375 e. The standard InChI is InChI=1S/C20H21BrN4O2/c1-24(16-6-3-2-4-7-16)11-5-10-22-19(26)13-25-14-23-18-9-8-15(21)12-17(18)20(25)27/h2-4,6-9,12,14H,5,10-11,13H2,1H3,(H,22,26). The van der Waals surface area contributed by atoms with Gasteiger partial charge in [0.25, 0.3) is 5.56 Å². The third-order valence-corrected chi connectivity index (χ3v) is 4.78. The number of nitrogens with zero attached hydrogens (tertiary/aromatic N) is 3. The molecule has 140 valence electrons. The maximum Gasteiger partial charge on any atom is 0.261 e. The van der Waals surface area contributed by atoms with Gasteiger partial charge in [-0.1, -0.05) is 34.1 Å². The molecule has 7 heteroatoms. The number of para-hydroxylation sites is 1. The van der Waals surface area contributed by atoms with Crippen LogP contribution in [-0.2, 0) is 11.3 Å². The van der Waals surface area contributed by atoms with Crippen LogP contribution in [0.15, 0.2) is 64.1 Å². The molecule has 6 nitrogen and oxygen atoms in total. The van der Waals surface area contributed by atoms with E-state index in [1.54, 1.807) is 12.1 Å². The number of fused-ring (bicyclic) bond motifs is 1. The number of nitrogens with one attached hydrogen (secondary N) is 1. The fourth-order valence-electron chi connectivity index (χ4n) is 2.81. The summed E-state index contributed by atoms with van der Waals surface area (Å²) in [6.45, 7) is 1.34. The third kappa shape index (κ3) is 4.95. The quantitative estimate of drug-likeness (QED) is 0.587. The van der Waals surface area contributed by atoms with Crippen LogP contribution in [0.5, 0.6) is 0 Å². The van der Waals surface area contributed by atoms with Gasteiger partial charge in [0.15, 0.2) is 0 Å². The van der Waals surface area contributed by atoms with E-state index in [2.05, 4.69) is 43.3 Å². The van der Waals surface area contributed by atoms with E-state index < -0.39 is 0 Å². The smallest absolute Gasteiger partial charge is 0.261 e. The van der Waals surface area contributed by atoms with Gasteiger partial charge in [0.2, 0.25) is 5.91 Å². The Bertz CT molecular complexity index is 988. The molecule has 1 aromatic heterocycles. The highest BCUT2D eigenvalue weighted by Gasteiger charge is 2.08. The Labute approximate surface area is 166 Å². The lowest BCUT2D eigenvalue weighted by molar-refractivity contribution is -0.121. The summed E-state index contributed by atoms with van der Waals surface area (Å²) in [5, 5.41) is 3.35. The second-order valence-corrected chi connectivity index (χ2v) is 7.22. The molecule has 1 amide bonds. The van der Waals surface area contributed by atoms with E-state index in [0.717, 1.165) is 23.1 Å². The van der Waals surface area contributed by atoms with E-state index in [-0.39, 0.29) is 18.0 Å². The second kappa shape index (κ2) is 8.81. The van der Waals surface area contributed by atoms with Crippen molar-refractivity contribution in [3.8, 4) is 0 Å². The Morgan fingerprint density at radius 1 is 1.22 bits per heavy atom. The summed E-state index contributed by atoms with van der Waals surface area (Å²) in [4.78, 5) is 31.1. The first-order valence-corrected chi connectivity index (χ1v) is 9.51. The Morgan fingerprint density at radius 2 is 2.00 bits per heavy atom. The van der Waals surface area contributed by atoms with Crippen LogP contribution in [0.1, 0.15) is 6.42 Å². The van der Waals surface area contributed by atoms with Crippen LogP contribution in [0.2, 0.25) is 0 Å². The molecule has 0 aliphatic carbocycles. The summed E-state index contributed by atoms with van der Waals surface area (Å²) in [7, 11) is 2.02. The molecule has 3 aromatic rings. The molecule has 0 aliphatic heterocycles. The van der Waals surface area contributed by atoms with Crippen molar-refractivity contribution in [2.75, 3.05) is 25.0 Å². The molecule has 27 heavy (non-hydrogen) atoms. The van der Waals surface area contributed by atoms with Crippen molar-refractivity contribution in [3.05, 3.63) is 69.7 Å². The van der Waals surface area contributed by atoms with Crippen LogP contribution in [0.3, 0.4) is 0 Å². The van der Waals surface area contributed by atoms with Crippen LogP contribution < -0.4 is 15.8 Å². The zero-order chi connectivity index (χ0) is 19.2. The molecule has 0 spiro atoms. The number of halogens is 1. The largest absolute Gasteiger partial charge is 0.375 e. The molecule has 2 aromatic carbocycles. The predicted molar refractivity (Wildman–Crippen MR) is 111 cm³/mol. The van der Waals surface area contributed by atoms with E-state index in [1.165, 1.54) is 10.9 Å². The highest BCUT2D eigenvalue weighted by Crippen LogP contribution is 2.14. The van der Waals surface area contributed by atoms with Gasteiger partial charge in [0.05, 0.1) is 17.2 Å². The Morgan fingerprint density at radius 3 is 2.78 bits per heavy atom. The Hall–Kier alpha value is -2.67. The molecule has 0 saturated carbocycles. The van der Waals surface area contributed by atoms with Gasteiger partial charge in [0, 0.05) is 30.3 Å². The lowest BCUT2D eigenvalue weighted by Gasteiger charge is -2.19. The van der Waals surface area contributed by atoms with Gasteiger partial charge in [-0.25, -0.2) is 4.98 Å². The van der Waals surface area contributed by atoms with E-state index in [1.807, 2.05) is 31.3 Å². The van der Waals surface area contributed by atoms with Crippen molar-refractivity contribution < 1.29 is 4.79 Å². The summed E-state index contributed by atoms with van der Waals surface area (Å²) >= 11 is 3.35. The highest BCUT2D eigenvalue weighted by atomic mass is 79.9. The molecule has 0 unspecified atom stereocenters. The van der Waals surface area contributed by atoms with Crippen molar-refractivity contribution >= 4 is 38.4 Å². The van der Waals surface area contributed by atoms with Gasteiger partial charge in [-0.2, -0.15) is 0 Å². The fourth-order valence-corrected chi connectivity index (χ4v) is 3.17. The van der Waals surface area contributed by atoms with E-state index >= 15 is 0 Å². The zero-order valence-electron chi connectivity index (χ0n) is 15.1. The zero-order valence-corrected chi connectivity index (χ0v) is 16.6. The average molecular weight is 429 g/mol. The third-order valence-electron chi connectivity index (χ3n) is 4.29. The average Bonchev–Trinajstić information content (AvgIpc) is 2.68. The first kappa shape index (κ1) is 19.1. The van der Waals surface area contributed by atoms with Gasteiger partial charge in [-0.05, 0) is 36.8 Å². The summed E-state index contributed by atoms with van der Waals surface area (Å²) in [5.41, 5.74) is 1.54. The van der Waals surface area contributed by atoms with Crippen molar-refractivity contribution in [1.82, 2.24) is 14.9 Å². The van der Waals surface area contributed by atoms with Gasteiger partial charge >= 0.3 is 0 Å². The molecule has 3 rings (SSSR count). The summed E-state index contributed by atoms with van der Waals surface area (Å²) < 4.78 is 2.14. The number of rotatable bonds is 7. The van der Waals surface area contributed by atoms with Crippen LogP contribution in [0, 0.1) is 0 Å². The monoisotopic (exact) mass is 428 g/mol. The molecule has 0 fully saturated rings. The Balaban J connectivity index is 1.52. The van der Waals surface area contributed by atoms with Crippen molar-refractivity contribution in [3.63, 3.8) is 0 Å². The number of carbonyl (C=O) groups excluding carboxylic acids is 1. The number of anilines is 1. The van der Waals surface area contributed by atoms with Crippen LogP contribution >= 0.6 is 15.9 Å². The molecule has 0 atom stereocenters. The summed E-state index contributed by atoms with van der Waals surface area (Å²) in [5.74, 6) is -0.199. The Kier molecular flexibility index (Phi) is 6.24. The number of hydrogen-bond acceptors (Lipinski definition) is 4. The van der Waals surface area contributed by atoms with Crippen LogP contribution in [0.4, 0.5) is 5.69 Å². The number of aromatic nitrogens is 2. The minimum atomic E-state index is -0.222. The summed E-state index contributed by atoms with van der Waals surface area (Å²) in [6, 6.07) is 15.4. The highest BCUT2D eigenvalue weighted by molar-refractivity contribution is 9.10. The number of hydrogen-bond donors (Lipinski definition) is 1. The molecule has 0 radical (unpaired) electrons. The maximum absolute atomic E-state index is 12.5. The van der Waals surface area contributed by atoms with Crippen LogP contribution in [-0.4, -0.2) is 35.6 Å². The predicted octanol–water partition coefficient (Wildman–Crippen LogP) is 2.80. The lowest BCUT2D eigenvalue weighted by Crippen LogP contribution is -2.34. The normalized spacial score (nSPS) is 10.7.